The van der Waals surface area contributed by atoms with Gasteiger partial charge in [-0.3, -0.25) is 9.59 Å². The molecule has 1 aliphatic heterocycles. The number of carbonyl (C=O) groups excluding carboxylic acids is 2. The number of fused-ring (bicyclic) bond motifs is 1. The minimum absolute atomic E-state index is 0.144. The zero-order chi connectivity index (χ0) is 12.8. The molecule has 5 heteroatoms. The fourth-order valence-electron chi connectivity index (χ4n) is 1.92. The Kier molecular flexibility index (Phi) is 2.52. The second-order valence-electron chi connectivity index (χ2n) is 4.27. The molecular weight excluding hydrogens is 224 g/mol. The lowest BCUT2D eigenvalue weighted by molar-refractivity contribution is -0.142. The van der Waals surface area contributed by atoms with Crippen LogP contribution in [-0.4, -0.2) is 34.0 Å². The molecule has 2 N–H and O–H groups in total. The summed E-state index contributed by atoms with van der Waals surface area (Å²) in [4.78, 5) is 22.8. The molecule has 0 saturated carbocycles. The van der Waals surface area contributed by atoms with Gasteiger partial charge in [0.25, 0.3) is 0 Å². The average molecular weight is 236 g/mol. The molecule has 0 spiro atoms. The molecule has 90 valence electrons. The van der Waals surface area contributed by atoms with Crippen LogP contribution < -0.4 is 0 Å². The monoisotopic (exact) mass is 236 g/mol. The molecule has 0 bridgehead atoms. The van der Waals surface area contributed by atoms with E-state index < -0.39 is 17.5 Å². The van der Waals surface area contributed by atoms with E-state index in [9.17, 15) is 19.8 Å². The first-order valence-corrected chi connectivity index (χ1v) is 5.09. The van der Waals surface area contributed by atoms with E-state index in [1.54, 1.807) is 6.92 Å². The third-order valence-corrected chi connectivity index (χ3v) is 2.97. The van der Waals surface area contributed by atoms with Gasteiger partial charge >= 0.3 is 0 Å². The fourth-order valence-corrected chi connectivity index (χ4v) is 1.92. The van der Waals surface area contributed by atoms with Crippen LogP contribution in [0, 0.1) is 0 Å². The summed E-state index contributed by atoms with van der Waals surface area (Å²) in [5.74, 6) is -0.275. The van der Waals surface area contributed by atoms with Crippen molar-refractivity contribution in [1.82, 2.24) is 0 Å². The highest BCUT2D eigenvalue weighted by Crippen LogP contribution is 2.36. The van der Waals surface area contributed by atoms with Crippen LogP contribution in [0.3, 0.4) is 0 Å². The lowest BCUT2D eigenvalue weighted by atomic mass is 9.75. The van der Waals surface area contributed by atoms with E-state index in [2.05, 4.69) is 0 Å². The Bertz CT molecular complexity index is 493. The Morgan fingerprint density at radius 2 is 2.18 bits per heavy atom. The van der Waals surface area contributed by atoms with Gasteiger partial charge in [0.15, 0.2) is 11.9 Å². The van der Waals surface area contributed by atoms with Crippen molar-refractivity contribution in [2.24, 2.45) is 0 Å². The summed E-state index contributed by atoms with van der Waals surface area (Å²) in [6.45, 7) is 2.83. The average Bonchev–Trinajstić information content (AvgIpc) is 2.28. The Morgan fingerprint density at radius 3 is 2.76 bits per heavy atom. The summed E-state index contributed by atoms with van der Waals surface area (Å²) in [5.41, 5.74) is -1.60. The van der Waals surface area contributed by atoms with Crippen molar-refractivity contribution >= 4 is 12.1 Å². The molecule has 0 saturated heterocycles. The standard InChI is InChI=1S/C12H12O5/c1-6-3-7-8(4-13)10(14)12(2,16)11(15)9(7)5-17-6/h3-5,11,15-16H,1-2H3/t11-,12+/m0/s1. The highest BCUT2D eigenvalue weighted by Gasteiger charge is 2.48. The SMILES string of the molecule is CC1=CC2=C(C=O)C(=O)[C@@](C)(O)[C@@H](O)C2=CO1. The van der Waals surface area contributed by atoms with E-state index in [0.717, 1.165) is 0 Å². The minimum atomic E-state index is -2.01. The molecule has 5 nitrogen and oxygen atoms in total. The Balaban J connectivity index is 2.69. The summed E-state index contributed by atoms with van der Waals surface area (Å²) >= 11 is 0. The van der Waals surface area contributed by atoms with Crippen molar-refractivity contribution in [3.8, 4) is 0 Å². The Hall–Kier alpha value is -1.72. The lowest BCUT2D eigenvalue weighted by Crippen LogP contribution is -2.52. The summed E-state index contributed by atoms with van der Waals surface area (Å²) < 4.78 is 5.11. The first-order valence-electron chi connectivity index (χ1n) is 5.09. The highest BCUT2D eigenvalue weighted by atomic mass is 16.5. The van der Waals surface area contributed by atoms with Gasteiger partial charge < -0.3 is 14.9 Å². The molecule has 17 heavy (non-hydrogen) atoms. The molecule has 0 aromatic rings. The van der Waals surface area contributed by atoms with Gasteiger partial charge in [-0.2, -0.15) is 0 Å². The van der Waals surface area contributed by atoms with Crippen molar-refractivity contribution in [1.29, 1.82) is 0 Å². The number of aldehydes is 1. The van der Waals surface area contributed by atoms with E-state index in [0.29, 0.717) is 17.6 Å². The van der Waals surface area contributed by atoms with Gasteiger partial charge in [0, 0.05) is 11.1 Å². The predicted octanol–water partition coefficient (Wildman–Crippen LogP) is -0.00560. The summed E-state index contributed by atoms with van der Waals surface area (Å²) in [6.07, 6.45) is 1.73. The molecule has 1 aliphatic carbocycles. The molecule has 0 fully saturated rings. The number of aliphatic hydroxyl groups excluding tert-OH is 1. The van der Waals surface area contributed by atoms with E-state index in [1.165, 1.54) is 19.3 Å². The normalized spacial score (nSPS) is 32.5. The summed E-state index contributed by atoms with van der Waals surface area (Å²) in [7, 11) is 0. The smallest absolute Gasteiger partial charge is 0.200 e. The van der Waals surface area contributed by atoms with Crippen molar-refractivity contribution < 1.29 is 24.5 Å². The van der Waals surface area contributed by atoms with Crippen LogP contribution in [-0.2, 0) is 14.3 Å². The van der Waals surface area contributed by atoms with Crippen LogP contribution in [0.2, 0.25) is 0 Å². The first-order chi connectivity index (χ1) is 7.89. The molecule has 2 rings (SSSR count). The number of rotatable bonds is 1. The van der Waals surface area contributed by atoms with Crippen molar-refractivity contribution in [2.45, 2.75) is 25.6 Å². The number of ketones is 1. The maximum absolute atomic E-state index is 11.9. The number of hydrogen-bond donors (Lipinski definition) is 2. The molecule has 2 aliphatic rings. The zero-order valence-electron chi connectivity index (χ0n) is 9.43. The van der Waals surface area contributed by atoms with E-state index in [4.69, 9.17) is 4.74 Å². The molecule has 0 unspecified atom stereocenters. The predicted molar refractivity (Wildman–Crippen MR) is 57.7 cm³/mol. The summed E-state index contributed by atoms with van der Waals surface area (Å²) in [5, 5.41) is 19.8. The maximum atomic E-state index is 11.9. The molecule has 0 aromatic carbocycles. The van der Waals surface area contributed by atoms with E-state index in [1.807, 2.05) is 0 Å². The number of Topliss-reactive ketones (excluding diaryl/α,β-unsaturated/α-hetero) is 1. The van der Waals surface area contributed by atoms with Gasteiger partial charge in [-0.05, 0) is 19.9 Å². The van der Waals surface area contributed by atoms with Crippen LogP contribution in [0.1, 0.15) is 13.8 Å². The van der Waals surface area contributed by atoms with Gasteiger partial charge in [0.1, 0.15) is 11.9 Å². The second-order valence-corrected chi connectivity index (χ2v) is 4.27. The van der Waals surface area contributed by atoms with Gasteiger partial charge in [0.2, 0.25) is 5.78 Å². The largest absolute Gasteiger partial charge is 0.469 e. The lowest BCUT2D eigenvalue weighted by Gasteiger charge is -2.35. The van der Waals surface area contributed by atoms with E-state index in [-0.39, 0.29) is 11.1 Å². The number of ether oxygens (including phenoxy) is 1. The van der Waals surface area contributed by atoms with Gasteiger partial charge in [0.05, 0.1) is 11.8 Å². The Labute approximate surface area is 97.7 Å². The molecule has 0 radical (unpaired) electrons. The summed E-state index contributed by atoms with van der Waals surface area (Å²) in [6, 6.07) is 0. The molecule has 0 amide bonds. The van der Waals surface area contributed by atoms with Crippen molar-refractivity contribution in [2.75, 3.05) is 0 Å². The Morgan fingerprint density at radius 1 is 1.53 bits per heavy atom. The maximum Gasteiger partial charge on any atom is 0.200 e. The van der Waals surface area contributed by atoms with Crippen LogP contribution in [0.5, 0.6) is 0 Å². The topological polar surface area (TPSA) is 83.8 Å². The van der Waals surface area contributed by atoms with Crippen molar-refractivity contribution in [3.63, 3.8) is 0 Å². The van der Waals surface area contributed by atoms with Crippen molar-refractivity contribution in [3.05, 3.63) is 34.8 Å². The zero-order valence-corrected chi connectivity index (χ0v) is 9.43. The fraction of sp³-hybridized carbons (Fsp3) is 0.333. The van der Waals surface area contributed by atoms with Crippen LogP contribution in [0.4, 0.5) is 0 Å². The van der Waals surface area contributed by atoms with Gasteiger partial charge in [-0.25, -0.2) is 0 Å². The van der Waals surface area contributed by atoms with Gasteiger partial charge in [-0.15, -0.1) is 0 Å². The molecule has 0 aromatic heterocycles. The minimum Gasteiger partial charge on any atom is -0.469 e. The number of carbonyl (C=O) groups is 2. The van der Waals surface area contributed by atoms with E-state index >= 15 is 0 Å². The van der Waals surface area contributed by atoms with Crippen LogP contribution >= 0.6 is 0 Å². The van der Waals surface area contributed by atoms with Gasteiger partial charge in [-0.1, -0.05) is 0 Å². The van der Waals surface area contributed by atoms with Crippen LogP contribution in [0.25, 0.3) is 0 Å². The highest BCUT2D eigenvalue weighted by molar-refractivity contribution is 6.18. The second kappa shape index (κ2) is 3.65. The van der Waals surface area contributed by atoms with Crippen LogP contribution in [0.15, 0.2) is 34.8 Å². The number of allylic oxidation sites excluding steroid dienone is 2. The molecule has 2 atom stereocenters. The first kappa shape index (κ1) is 11.8. The quantitative estimate of drug-likeness (QED) is 0.494. The third kappa shape index (κ3) is 1.55. The number of hydrogen-bond acceptors (Lipinski definition) is 5. The third-order valence-electron chi connectivity index (χ3n) is 2.97. The number of aliphatic hydroxyl groups is 2. The molecule has 1 heterocycles. The molecular formula is C12H12O5.